The van der Waals surface area contributed by atoms with Gasteiger partial charge in [-0.15, -0.1) is 0 Å². The monoisotopic (exact) mass is 295 g/mol. The van der Waals surface area contributed by atoms with Crippen LogP contribution in [0.25, 0.3) is 0 Å². The molecular weight excluding hydrogens is 270 g/mol. The van der Waals surface area contributed by atoms with E-state index in [-0.39, 0.29) is 0 Å². The number of hydrogen-bond acceptors (Lipinski definition) is 3. The topological polar surface area (TPSA) is 32.5 Å². The minimum Gasteiger partial charge on any atom is -0.399 e. The molecule has 0 spiro atoms. The Hall–Kier alpha value is -1.84. The van der Waals surface area contributed by atoms with Crippen LogP contribution in [0.5, 0.6) is 0 Å². The van der Waals surface area contributed by atoms with E-state index in [4.69, 9.17) is 5.73 Å². The van der Waals surface area contributed by atoms with Crippen LogP contribution in [0.2, 0.25) is 0 Å². The molecule has 1 aliphatic rings. The van der Waals surface area contributed by atoms with Crippen molar-refractivity contribution in [3.8, 4) is 0 Å². The first-order chi connectivity index (χ1) is 10.8. The maximum absolute atomic E-state index is 5.85. The summed E-state index contributed by atoms with van der Waals surface area (Å²) in [4.78, 5) is 5.09. The van der Waals surface area contributed by atoms with E-state index in [0.29, 0.717) is 0 Å². The van der Waals surface area contributed by atoms with Crippen LogP contribution in [0.15, 0.2) is 54.6 Å². The first-order valence-corrected chi connectivity index (χ1v) is 8.13. The summed E-state index contributed by atoms with van der Waals surface area (Å²) < 4.78 is 0. The zero-order valence-electron chi connectivity index (χ0n) is 13.1. The van der Waals surface area contributed by atoms with Gasteiger partial charge in [-0.3, -0.25) is 4.90 Å². The summed E-state index contributed by atoms with van der Waals surface area (Å²) in [5, 5.41) is 0. The van der Waals surface area contributed by atoms with Gasteiger partial charge >= 0.3 is 0 Å². The van der Waals surface area contributed by atoms with Crippen molar-refractivity contribution < 1.29 is 0 Å². The number of nitrogens with zero attached hydrogens (tertiary/aromatic N) is 2. The average Bonchev–Trinajstić information content (AvgIpc) is 2.55. The second kappa shape index (κ2) is 7.43. The van der Waals surface area contributed by atoms with Crippen LogP contribution < -0.4 is 5.73 Å². The lowest BCUT2D eigenvalue weighted by atomic mass is 10.1. The smallest absolute Gasteiger partial charge is 0.0317 e. The van der Waals surface area contributed by atoms with Crippen LogP contribution in [-0.2, 0) is 13.0 Å². The molecule has 0 atom stereocenters. The summed E-state index contributed by atoms with van der Waals surface area (Å²) in [7, 11) is 0. The molecule has 3 heteroatoms. The van der Waals surface area contributed by atoms with Gasteiger partial charge in [0.2, 0.25) is 0 Å². The fourth-order valence-electron chi connectivity index (χ4n) is 3.05. The van der Waals surface area contributed by atoms with Gasteiger partial charge in [0.05, 0.1) is 0 Å². The van der Waals surface area contributed by atoms with Gasteiger partial charge in [0.1, 0.15) is 0 Å². The highest BCUT2D eigenvalue weighted by Crippen LogP contribution is 2.12. The Labute approximate surface area is 133 Å². The fourth-order valence-corrected chi connectivity index (χ4v) is 3.05. The molecule has 2 aromatic rings. The molecule has 0 amide bonds. The van der Waals surface area contributed by atoms with Crippen molar-refractivity contribution in [1.82, 2.24) is 9.80 Å². The molecule has 1 saturated heterocycles. The number of nitrogens with two attached hydrogens (primary N) is 1. The Kier molecular flexibility index (Phi) is 5.09. The molecule has 0 bridgehead atoms. The third-order valence-corrected chi connectivity index (χ3v) is 4.38. The zero-order valence-corrected chi connectivity index (χ0v) is 13.1. The number of benzene rings is 2. The van der Waals surface area contributed by atoms with Crippen LogP contribution >= 0.6 is 0 Å². The first-order valence-electron chi connectivity index (χ1n) is 8.13. The van der Waals surface area contributed by atoms with Crippen molar-refractivity contribution in [3.63, 3.8) is 0 Å². The second-order valence-corrected chi connectivity index (χ2v) is 6.10. The first kappa shape index (κ1) is 15.1. The standard InChI is InChI=1S/C19H25N3/c20-19-8-4-7-18(15-19)16-22-13-11-21(12-14-22)10-9-17-5-2-1-3-6-17/h1-8,15H,9-14,16,20H2. The van der Waals surface area contributed by atoms with Gasteiger partial charge in [-0.1, -0.05) is 42.5 Å². The molecular formula is C19H25N3. The Bertz CT molecular complexity index is 574. The predicted molar refractivity (Wildman–Crippen MR) is 92.7 cm³/mol. The van der Waals surface area contributed by atoms with E-state index in [1.54, 1.807) is 0 Å². The minimum absolute atomic E-state index is 0.860. The van der Waals surface area contributed by atoms with Crippen molar-refractivity contribution in [2.45, 2.75) is 13.0 Å². The Balaban J connectivity index is 1.42. The number of nitrogen functional groups attached to an aromatic ring is 1. The van der Waals surface area contributed by atoms with Crippen LogP contribution in [0.3, 0.4) is 0 Å². The molecule has 2 aromatic carbocycles. The molecule has 2 N–H and O–H groups in total. The van der Waals surface area contributed by atoms with Crippen molar-refractivity contribution in [3.05, 3.63) is 65.7 Å². The Morgan fingerprint density at radius 2 is 1.45 bits per heavy atom. The summed E-state index contributed by atoms with van der Waals surface area (Å²) in [5.41, 5.74) is 9.47. The molecule has 22 heavy (non-hydrogen) atoms. The quantitative estimate of drug-likeness (QED) is 0.861. The molecule has 0 aliphatic carbocycles. The lowest BCUT2D eigenvalue weighted by Crippen LogP contribution is -2.46. The van der Waals surface area contributed by atoms with Crippen LogP contribution in [0.1, 0.15) is 11.1 Å². The second-order valence-electron chi connectivity index (χ2n) is 6.10. The Morgan fingerprint density at radius 3 is 2.18 bits per heavy atom. The van der Waals surface area contributed by atoms with Crippen molar-refractivity contribution in [1.29, 1.82) is 0 Å². The fraction of sp³-hybridized carbons (Fsp3) is 0.368. The van der Waals surface area contributed by atoms with Gasteiger partial charge in [0.25, 0.3) is 0 Å². The van der Waals surface area contributed by atoms with E-state index in [2.05, 4.69) is 52.3 Å². The van der Waals surface area contributed by atoms with Crippen molar-refractivity contribution in [2.24, 2.45) is 0 Å². The molecule has 0 radical (unpaired) electrons. The molecule has 0 unspecified atom stereocenters. The summed E-state index contributed by atoms with van der Waals surface area (Å²) in [5.74, 6) is 0. The van der Waals surface area contributed by atoms with E-state index in [0.717, 1.165) is 51.4 Å². The summed E-state index contributed by atoms with van der Waals surface area (Å²) >= 11 is 0. The molecule has 3 rings (SSSR count). The van der Waals surface area contributed by atoms with E-state index >= 15 is 0 Å². The van der Waals surface area contributed by atoms with Crippen molar-refractivity contribution >= 4 is 5.69 Å². The summed E-state index contributed by atoms with van der Waals surface area (Å²) in [6, 6.07) is 19.0. The van der Waals surface area contributed by atoms with Gasteiger partial charge < -0.3 is 10.6 Å². The van der Waals surface area contributed by atoms with E-state index < -0.39 is 0 Å². The lowest BCUT2D eigenvalue weighted by Gasteiger charge is -2.34. The van der Waals surface area contributed by atoms with E-state index in [1.807, 2.05) is 12.1 Å². The zero-order chi connectivity index (χ0) is 15.2. The number of rotatable bonds is 5. The average molecular weight is 295 g/mol. The lowest BCUT2D eigenvalue weighted by molar-refractivity contribution is 0.128. The highest BCUT2D eigenvalue weighted by molar-refractivity contribution is 5.40. The molecule has 3 nitrogen and oxygen atoms in total. The van der Waals surface area contributed by atoms with Gasteiger partial charge in [0, 0.05) is 45.0 Å². The van der Waals surface area contributed by atoms with Gasteiger partial charge in [0.15, 0.2) is 0 Å². The molecule has 1 fully saturated rings. The molecule has 0 saturated carbocycles. The van der Waals surface area contributed by atoms with E-state index in [1.165, 1.54) is 11.1 Å². The SMILES string of the molecule is Nc1cccc(CN2CCN(CCc3ccccc3)CC2)c1. The number of piperazine rings is 1. The van der Waals surface area contributed by atoms with Crippen LogP contribution in [0.4, 0.5) is 5.69 Å². The third-order valence-electron chi connectivity index (χ3n) is 4.38. The van der Waals surface area contributed by atoms with Crippen molar-refractivity contribution in [2.75, 3.05) is 38.5 Å². The number of hydrogen-bond donors (Lipinski definition) is 1. The minimum atomic E-state index is 0.860. The van der Waals surface area contributed by atoms with Gasteiger partial charge in [-0.05, 0) is 29.7 Å². The normalized spacial score (nSPS) is 16.7. The third kappa shape index (κ3) is 4.33. The van der Waals surface area contributed by atoms with Gasteiger partial charge in [-0.2, -0.15) is 0 Å². The summed E-state index contributed by atoms with van der Waals surface area (Å²) in [6.45, 7) is 6.78. The number of anilines is 1. The Morgan fingerprint density at radius 1 is 0.773 bits per heavy atom. The molecule has 1 heterocycles. The van der Waals surface area contributed by atoms with Crippen LogP contribution in [0, 0.1) is 0 Å². The largest absolute Gasteiger partial charge is 0.399 e. The molecule has 0 aromatic heterocycles. The highest BCUT2D eigenvalue weighted by Gasteiger charge is 2.16. The molecule has 116 valence electrons. The highest BCUT2D eigenvalue weighted by atomic mass is 15.3. The summed E-state index contributed by atoms with van der Waals surface area (Å²) in [6.07, 6.45) is 1.15. The van der Waals surface area contributed by atoms with Gasteiger partial charge in [-0.25, -0.2) is 0 Å². The maximum Gasteiger partial charge on any atom is 0.0317 e. The van der Waals surface area contributed by atoms with E-state index in [9.17, 15) is 0 Å². The maximum atomic E-state index is 5.85. The predicted octanol–water partition coefficient (Wildman–Crippen LogP) is 2.63. The van der Waals surface area contributed by atoms with Crippen LogP contribution in [-0.4, -0.2) is 42.5 Å². The molecule has 1 aliphatic heterocycles.